The molecule has 0 aliphatic heterocycles. The van der Waals surface area contributed by atoms with Crippen LogP contribution in [-0.2, 0) is 11.8 Å². The molecule has 1 N–H and O–H groups in total. The van der Waals surface area contributed by atoms with E-state index in [2.05, 4.69) is 20.3 Å². The normalized spacial score (nSPS) is 10.8. The lowest BCUT2D eigenvalue weighted by Crippen LogP contribution is -2.15. The van der Waals surface area contributed by atoms with Crippen molar-refractivity contribution in [1.82, 2.24) is 14.8 Å². The minimum atomic E-state index is -2.87. The zero-order valence-corrected chi connectivity index (χ0v) is 16.5. The largest absolute Gasteiger partial charge is 0.495 e. The third-order valence-corrected chi connectivity index (χ3v) is 4.91. The van der Waals surface area contributed by atoms with E-state index in [4.69, 9.17) is 4.74 Å². The number of hydrogen-bond donors (Lipinski definition) is 1. The maximum absolute atomic E-state index is 12.3. The molecule has 7 nitrogen and oxygen atoms in total. The summed E-state index contributed by atoms with van der Waals surface area (Å²) in [5.41, 5.74) is 1.28. The van der Waals surface area contributed by atoms with Gasteiger partial charge in [-0.15, -0.1) is 10.2 Å². The Hall–Kier alpha value is -3.14. The fourth-order valence-corrected chi connectivity index (χ4v) is 3.25. The molecule has 3 aromatic rings. The lowest BCUT2D eigenvalue weighted by Gasteiger charge is -2.09. The molecular weight excluding hydrogens is 402 g/mol. The Morgan fingerprint density at radius 2 is 1.90 bits per heavy atom. The number of nitrogens with zero attached hydrogens (tertiary/aromatic N) is 3. The Balaban J connectivity index is 1.63. The first kappa shape index (κ1) is 20.6. The van der Waals surface area contributed by atoms with Gasteiger partial charge in [-0.1, -0.05) is 23.9 Å². The minimum absolute atomic E-state index is 0.0635. The van der Waals surface area contributed by atoms with Gasteiger partial charge in [-0.05, 0) is 36.4 Å². The highest BCUT2D eigenvalue weighted by Gasteiger charge is 2.14. The number of anilines is 1. The van der Waals surface area contributed by atoms with Crippen molar-refractivity contribution < 1.29 is 23.0 Å². The van der Waals surface area contributed by atoms with E-state index in [1.54, 1.807) is 41.9 Å². The number of carbonyl (C=O) groups is 1. The van der Waals surface area contributed by atoms with Gasteiger partial charge in [-0.25, -0.2) is 0 Å². The predicted molar refractivity (Wildman–Crippen MR) is 105 cm³/mol. The van der Waals surface area contributed by atoms with Crippen LogP contribution in [0, 0.1) is 0 Å². The Kier molecular flexibility index (Phi) is 6.65. The molecule has 152 valence electrons. The van der Waals surface area contributed by atoms with Crippen LogP contribution >= 0.6 is 11.8 Å². The van der Waals surface area contributed by atoms with E-state index < -0.39 is 6.61 Å². The van der Waals surface area contributed by atoms with Crippen molar-refractivity contribution in [2.45, 2.75) is 11.8 Å². The molecule has 1 aromatic heterocycles. The molecule has 10 heteroatoms. The van der Waals surface area contributed by atoms with Crippen molar-refractivity contribution in [3.8, 4) is 22.9 Å². The number of alkyl halides is 2. The monoisotopic (exact) mass is 420 g/mol. The fourth-order valence-electron chi connectivity index (χ4n) is 2.54. The van der Waals surface area contributed by atoms with Gasteiger partial charge in [0.05, 0.1) is 18.6 Å². The molecule has 0 bridgehead atoms. The van der Waals surface area contributed by atoms with E-state index in [0.717, 1.165) is 0 Å². The molecule has 0 saturated carbocycles. The molecule has 1 heterocycles. The Bertz CT molecular complexity index is 980. The number of hydrogen-bond acceptors (Lipinski definition) is 6. The molecule has 0 atom stereocenters. The number of ether oxygens (including phenoxy) is 2. The lowest BCUT2D eigenvalue weighted by molar-refractivity contribution is -0.113. The van der Waals surface area contributed by atoms with Crippen LogP contribution in [0.2, 0.25) is 0 Å². The number of rotatable bonds is 8. The molecule has 0 fully saturated rings. The average molecular weight is 420 g/mol. The van der Waals surface area contributed by atoms with Gasteiger partial charge in [-0.3, -0.25) is 4.79 Å². The van der Waals surface area contributed by atoms with Gasteiger partial charge in [0.1, 0.15) is 11.5 Å². The number of thioether (sulfide) groups is 1. The second kappa shape index (κ2) is 9.37. The van der Waals surface area contributed by atoms with Gasteiger partial charge in [0, 0.05) is 12.6 Å². The van der Waals surface area contributed by atoms with Gasteiger partial charge in [0.2, 0.25) is 5.91 Å². The molecule has 0 aliphatic carbocycles. The van der Waals surface area contributed by atoms with Crippen LogP contribution in [0.3, 0.4) is 0 Å². The summed E-state index contributed by atoms with van der Waals surface area (Å²) in [5.74, 6) is 1.10. The highest BCUT2D eigenvalue weighted by molar-refractivity contribution is 7.99. The second-order valence-electron chi connectivity index (χ2n) is 5.81. The van der Waals surface area contributed by atoms with Crippen LogP contribution in [0.5, 0.6) is 11.5 Å². The standard InChI is InChI=1S/C19H18F2N4O3S/c1-25-17(12-7-9-13(10-8-12)28-18(20)21)23-24-19(25)29-11-16(26)22-14-5-3-4-6-15(14)27-2/h3-10,18H,11H2,1-2H3,(H,22,26). The third-order valence-electron chi connectivity index (χ3n) is 3.89. The molecule has 0 saturated heterocycles. The smallest absolute Gasteiger partial charge is 0.387 e. The van der Waals surface area contributed by atoms with Crippen molar-refractivity contribution in [3.63, 3.8) is 0 Å². The molecule has 3 rings (SSSR count). The number of aromatic nitrogens is 3. The van der Waals surface area contributed by atoms with E-state index in [9.17, 15) is 13.6 Å². The summed E-state index contributed by atoms with van der Waals surface area (Å²) in [6.45, 7) is -2.87. The van der Waals surface area contributed by atoms with Crippen molar-refractivity contribution in [1.29, 1.82) is 0 Å². The molecule has 0 spiro atoms. The second-order valence-corrected chi connectivity index (χ2v) is 6.75. The van der Waals surface area contributed by atoms with E-state index >= 15 is 0 Å². The molecule has 1 amide bonds. The fraction of sp³-hybridized carbons (Fsp3) is 0.211. The molecule has 2 aromatic carbocycles. The van der Waals surface area contributed by atoms with Crippen LogP contribution in [0.25, 0.3) is 11.4 Å². The molecule has 0 unspecified atom stereocenters. The van der Waals surface area contributed by atoms with E-state index in [0.29, 0.717) is 28.0 Å². The van der Waals surface area contributed by atoms with Crippen LogP contribution in [-0.4, -0.2) is 40.1 Å². The number of carbonyl (C=O) groups excluding carboxylic acids is 1. The Labute approximate surface area is 170 Å². The summed E-state index contributed by atoms with van der Waals surface area (Å²) in [5, 5.41) is 11.6. The van der Waals surface area contributed by atoms with Gasteiger partial charge in [0.15, 0.2) is 11.0 Å². The first-order valence-corrected chi connectivity index (χ1v) is 9.47. The number of halogens is 2. The number of nitrogens with one attached hydrogen (secondary N) is 1. The first-order chi connectivity index (χ1) is 14.0. The molecular formula is C19H18F2N4O3S. The van der Waals surface area contributed by atoms with Gasteiger partial charge >= 0.3 is 6.61 Å². The minimum Gasteiger partial charge on any atom is -0.495 e. The van der Waals surface area contributed by atoms with Crippen molar-refractivity contribution >= 4 is 23.4 Å². The maximum atomic E-state index is 12.3. The highest BCUT2D eigenvalue weighted by atomic mass is 32.2. The molecule has 0 radical (unpaired) electrons. The van der Waals surface area contributed by atoms with E-state index in [-0.39, 0.29) is 17.4 Å². The zero-order chi connectivity index (χ0) is 20.8. The quantitative estimate of drug-likeness (QED) is 0.558. The first-order valence-electron chi connectivity index (χ1n) is 8.48. The van der Waals surface area contributed by atoms with Crippen molar-refractivity contribution in [2.24, 2.45) is 7.05 Å². The molecule has 29 heavy (non-hydrogen) atoms. The lowest BCUT2D eigenvalue weighted by atomic mass is 10.2. The van der Waals surface area contributed by atoms with Gasteiger partial charge < -0.3 is 19.4 Å². The summed E-state index contributed by atoms with van der Waals surface area (Å²) >= 11 is 1.23. The number of para-hydroxylation sites is 2. The van der Waals surface area contributed by atoms with Crippen LogP contribution < -0.4 is 14.8 Å². The van der Waals surface area contributed by atoms with Gasteiger partial charge in [-0.2, -0.15) is 8.78 Å². The summed E-state index contributed by atoms with van der Waals surface area (Å²) in [7, 11) is 3.30. The molecule has 0 aliphatic rings. The highest BCUT2D eigenvalue weighted by Crippen LogP contribution is 2.26. The van der Waals surface area contributed by atoms with E-state index in [1.165, 1.54) is 31.0 Å². The Morgan fingerprint density at radius 1 is 1.17 bits per heavy atom. The average Bonchev–Trinajstić information content (AvgIpc) is 3.07. The number of methoxy groups -OCH3 is 1. The van der Waals surface area contributed by atoms with Crippen molar-refractivity contribution in [2.75, 3.05) is 18.2 Å². The van der Waals surface area contributed by atoms with E-state index in [1.807, 2.05) is 6.07 Å². The summed E-state index contributed by atoms with van der Waals surface area (Å²) in [6, 6.07) is 13.2. The van der Waals surface area contributed by atoms with Crippen LogP contribution in [0.15, 0.2) is 53.7 Å². The topological polar surface area (TPSA) is 78.3 Å². The predicted octanol–water partition coefficient (Wildman–Crippen LogP) is 3.82. The summed E-state index contributed by atoms with van der Waals surface area (Å²) < 4.78 is 35.8. The zero-order valence-electron chi connectivity index (χ0n) is 15.6. The van der Waals surface area contributed by atoms with Crippen molar-refractivity contribution in [3.05, 3.63) is 48.5 Å². The summed E-state index contributed by atoms with van der Waals surface area (Å²) in [4.78, 5) is 12.2. The van der Waals surface area contributed by atoms with Crippen LogP contribution in [0.4, 0.5) is 14.5 Å². The number of benzene rings is 2. The Morgan fingerprint density at radius 3 is 2.59 bits per heavy atom. The third kappa shape index (κ3) is 5.23. The summed E-state index contributed by atoms with van der Waals surface area (Å²) in [6.07, 6.45) is 0. The van der Waals surface area contributed by atoms with Gasteiger partial charge in [0.25, 0.3) is 0 Å². The SMILES string of the molecule is COc1ccccc1NC(=O)CSc1nnc(-c2ccc(OC(F)F)cc2)n1C. The van der Waals surface area contributed by atoms with Crippen LogP contribution in [0.1, 0.15) is 0 Å². The maximum Gasteiger partial charge on any atom is 0.387 e. The number of amides is 1.